The number of rotatable bonds is 1. The highest BCUT2D eigenvalue weighted by Crippen LogP contribution is 2.35. The number of fused-ring (bicyclic) bond motifs is 1. The van der Waals surface area contributed by atoms with Crippen LogP contribution in [0.15, 0.2) is 0 Å². The average Bonchev–Trinajstić information content (AvgIpc) is 2.43. The maximum Gasteiger partial charge on any atom is 0.312 e. The van der Waals surface area contributed by atoms with E-state index in [9.17, 15) is 4.79 Å². The van der Waals surface area contributed by atoms with Gasteiger partial charge < -0.3 is 9.67 Å². The number of carboxylic acids is 1. The molecule has 0 aromatic carbocycles. The monoisotopic (exact) mass is 234 g/mol. The van der Waals surface area contributed by atoms with Gasteiger partial charge >= 0.3 is 5.97 Å². The molecule has 1 aromatic rings. The lowest BCUT2D eigenvalue weighted by Gasteiger charge is -2.21. The molecule has 2 rings (SSSR count). The molecule has 0 saturated heterocycles. The summed E-state index contributed by atoms with van der Waals surface area (Å²) in [7, 11) is 0. The normalized spacial score (nSPS) is 20.6. The van der Waals surface area contributed by atoms with Crippen LogP contribution in [0.4, 0.5) is 0 Å². The molecule has 0 aliphatic carbocycles. The lowest BCUT2D eigenvalue weighted by molar-refractivity contribution is -0.139. The Kier molecular flexibility index (Phi) is 2.41. The van der Waals surface area contributed by atoms with Crippen molar-refractivity contribution in [2.24, 2.45) is 0 Å². The maximum absolute atomic E-state index is 10.9. The fraction of sp³-hybridized carbons (Fsp3) is 0.500. The van der Waals surface area contributed by atoms with Crippen LogP contribution in [-0.4, -0.2) is 20.6 Å². The van der Waals surface area contributed by atoms with E-state index in [2.05, 4.69) is 4.98 Å². The minimum absolute atomic E-state index is 0.210. The maximum atomic E-state index is 10.9. The number of aromatic nitrogens is 2. The molecule has 2 heterocycles. The van der Waals surface area contributed by atoms with E-state index in [-0.39, 0.29) is 10.4 Å². The van der Waals surface area contributed by atoms with Crippen molar-refractivity contribution in [3.05, 3.63) is 16.1 Å². The van der Waals surface area contributed by atoms with Crippen LogP contribution in [0.3, 0.4) is 0 Å². The number of nitrogens with zero attached hydrogens (tertiary/aromatic N) is 2. The Bertz CT molecular complexity index is 389. The molecule has 6 heteroatoms. The second kappa shape index (κ2) is 3.44. The number of hydrogen-bond acceptors (Lipinski definition) is 2. The van der Waals surface area contributed by atoms with Crippen molar-refractivity contribution in [2.45, 2.75) is 25.3 Å². The molecule has 0 spiro atoms. The van der Waals surface area contributed by atoms with Crippen LogP contribution in [0.5, 0.6) is 0 Å². The summed E-state index contributed by atoms with van der Waals surface area (Å²) in [5.41, 5.74) is 0.537. The molecule has 1 unspecified atom stereocenters. The van der Waals surface area contributed by atoms with E-state index in [1.54, 1.807) is 4.57 Å². The van der Waals surface area contributed by atoms with Gasteiger partial charge in [0.2, 0.25) is 5.28 Å². The predicted molar refractivity (Wildman–Crippen MR) is 51.9 cm³/mol. The van der Waals surface area contributed by atoms with Gasteiger partial charge in [-0.3, -0.25) is 4.79 Å². The molecule has 4 nitrogen and oxygen atoms in total. The molecule has 0 bridgehead atoms. The Hall–Kier alpha value is -0.740. The molecule has 14 heavy (non-hydrogen) atoms. The predicted octanol–water partition coefficient (Wildman–Crippen LogP) is 2.15. The number of aliphatic carboxylic acids is 1. The van der Waals surface area contributed by atoms with Gasteiger partial charge in [0.05, 0.1) is 5.69 Å². The average molecular weight is 235 g/mol. The van der Waals surface area contributed by atoms with E-state index in [1.165, 1.54) is 0 Å². The molecule has 0 fully saturated rings. The fourth-order valence-corrected chi connectivity index (χ4v) is 2.40. The van der Waals surface area contributed by atoms with Gasteiger partial charge in [0.15, 0.2) is 5.15 Å². The summed E-state index contributed by atoms with van der Waals surface area (Å²) in [5.74, 6) is -1.44. The van der Waals surface area contributed by atoms with Gasteiger partial charge in [-0.25, -0.2) is 4.98 Å². The van der Waals surface area contributed by atoms with Crippen molar-refractivity contribution < 1.29 is 9.90 Å². The van der Waals surface area contributed by atoms with Crippen LogP contribution < -0.4 is 0 Å². The van der Waals surface area contributed by atoms with Crippen molar-refractivity contribution in [2.75, 3.05) is 0 Å². The lowest BCUT2D eigenvalue weighted by Crippen LogP contribution is -2.21. The minimum Gasteiger partial charge on any atom is -0.481 e. The van der Waals surface area contributed by atoms with Gasteiger partial charge in [-0.1, -0.05) is 11.6 Å². The molecular formula is C8H8Cl2N2O2. The first-order valence-electron chi connectivity index (χ1n) is 4.25. The first-order chi connectivity index (χ1) is 6.61. The number of hydrogen-bond donors (Lipinski definition) is 1. The molecule has 1 aliphatic heterocycles. The zero-order chi connectivity index (χ0) is 10.3. The molecule has 0 radical (unpaired) electrons. The Balaban J connectivity index is 2.53. The smallest absolute Gasteiger partial charge is 0.312 e. The SMILES string of the molecule is O=C(O)C1CCCn2c(Cl)nc(Cl)c21. The van der Waals surface area contributed by atoms with Gasteiger partial charge in [-0.15, -0.1) is 0 Å². The van der Waals surface area contributed by atoms with Gasteiger partial charge in [0.1, 0.15) is 5.92 Å². The molecule has 1 atom stereocenters. The molecule has 76 valence electrons. The number of halogens is 2. The van der Waals surface area contributed by atoms with Crippen LogP contribution in [0.2, 0.25) is 10.4 Å². The molecular weight excluding hydrogens is 227 g/mol. The highest BCUT2D eigenvalue weighted by atomic mass is 35.5. The topological polar surface area (TPSA) is 55.1 Å². The molecule has 1 N–H and O–H groups in total. The van der Waals surface area contributed by atoms with Crippen molar-refractivity contribution in [3.8, 4) is 0 Å². The second-order valence-electron chi connectivity index (χ2n) is 3.24. The lowest BCUT2D eigenvalue weighted by atomic mass is 9.97. The van der Waals surface area contributed by atoms with Crippen LogP contribution in [0, 0.1) is 0 Å². The summed E-state index contributed by atoms with van der Waals surface area (Å²) in [6, 6.07) is 0. The first-order valence-corrected chi connectivity index (χ1v) is 5.01. The zero-order valence-corrected chi connectivity index (χ0v) is 8.72. The van der Waals surface area contributed by atoms with Gasteiger partial charge in [-0.05, 0) is 24.4 Å². The molecule has 1 aromatic heterocycles. The third-order valence-corrected chi connectivity index (χ3v) is 2.98. The van der Waals surface area contributed by atoms with E-state index in [1.807, 2.05) is 0 Å². The number of imidazole rings is 1. The summed E-state index contributed by atoms with van der Waals surface area (Å²) >= 11 is 11.6. The van der Waals surface area contributed by atoms with Crippen molar-refractivity contribution in [1.82, 2.24) is 9.55 Å². The highest BCUT2D eigenvalue weighted by Gasteiger charge is 2.31. The van der Waals surface area contributed by atoms with E-state index in [0.29, 0.717) is 18.7 Å². The third-order valence-electron chi connectivity index (χ3n) is 2.42. The number of carbonyl (C=O) groups is 1. The summed E-state index contributed by atoms with van der Waals surface area (Å²) in [4.78, 5) is 14.8. The highest BCUT2D eigenvalue weighted by molar-refractivity contribution is 6.33. The first kappa shape index (κ1) is 9.80. The van der Waals surface area contributed by atoms with E-state index in [0.717, 1.165) is 6.42 Å². The molecule has 0 saturated carbocycles. The minimum atomic E-state index is -0.871. The summed E-state index contributed by atoms with van der Waals surface area (Å²) in [5, 5.41) is 9.46. The quantitative estimate of drug-likeness (QED) is 0.811. The summed E-state index contributed by atoms with van der Waals surface area (Å²) < 4.78 is 1.67. The molecule has 0 amide bonds. The largest absolute Gasteiger partial charge is 0.481 e. The third kappa shape index (κ3) is 1.38. The second-order valence-corrected chi connectivity index (χ2v) is 3.94. The van der Waals surface area contributed by atoms with Crippen LogP contribution in [0.1, 0.15) is 24.5 Å². The van der Waals surface area contributed by atoms with E-state index < -0.39 is 11.9 Å². The Morgan fingerprint density at radius 3 is 2.93 bits per heavy atom. The van der Waals surface area contributed by atoms with Gasteiger partial charge in [0, 0.05) is 6.54 Å². The Labute approximate surface area is 90.5 Å². The number of carboxylic acid groups (broad SMARTS) is 1. The van der Waals surface area contributed by atoms with Crippen LogP contribution in [-0.2, 0) is 11.3 Å². The van der Waals surface area contributed by atoms with Crippen molar-refractivity contribution in [3.63, 3.8) is 0 Å². The van der Waals surface area contributed by atoms with Crippen molar-refractivity contribution in [1.29, 1.82) is 0 Å². The zero-order valence-electron chi connectivity index (χ0n) is 7.20. The van der Waals surface area contributed by atoms with Gasteiger partial charge in [0.25, 0.3) is 0 Å². The Morgan fingerprint density at radius 2 is 2.29 bits per heavy atom. The summed E-state index contributed by atoms with van der Waals surface area (Å²) in [6.45, 7) is 0.692. The molecule has 1 aliphatic rings. The van der Waals surface area contributed by atoms with E-state index in [4.69, 9.17) is 28.3 Å². The van der Waals surface area contributed by atoms with Gasteiger partial charge in [-0.2, -0.15) is 0 Å². The van der Waals surface area contributed by atoms with Crippen molar-refractivity contribution >= 4 is 29.2 Å². The van der Waals surface area contributed by atoms with E-state index >= 15 is 0 Å². The standard InChI is InChI=1S/C8H8Cl2N2O2/c9-6-5-4(7(13)14)2-1-3-12(5)8(10)11-6/h4H,1-3H2,(H,13,14). The summed E-state index contributed by atoms with van der Waals surface area (Å²) in [6.07, 6.45) is 1.38. The van der Waals surface area contributed by atoms with Crippen LogP contribution in [0.25, 0.3) is 0 Å². The Morgan fingerprint density at radius 1 is 1.57 bits per heavy atom. The van der Waals surface area contributed by atoms with Crippen LogP contribution >= 0.6 is 23.2 Å². The fourth-order valence-electron chi connectivity index (χ4n) is 1.78.